The van der Waals surface area contributed by atoms with Crippen LogP contribution in [-0.2, 0) is 6.18 Å². The minimum absolute atomic E-state index is 0.240. The summed E-state index contributed by atoms with van der Waals surface area (Å²) in [6, 6.07) is 5.68. The molecule has 6 heteroatoms. The van der Waals surface area contributed by atoms with E-state index < -0.39 is 17.8 Å². The van der Waals surface area contributed by atoms with Crippen molar-refractivity contribution in [3.05, 3.63) is 55.7 Å². The highest BCUT2D eigenvalue weighted by molar-refractivity contribution is 9.10. The van der Waals surface area contributed by atoms with Gasteiger partial charge in [-0.1, -0.05) is 22.0 Å². The van der Waals surface area contributed by atoms with Gasteiger partial charge in [-0.25, -0.2) is 0 Å². The third-order valence-corrected chi connectivity index (χ3v) is 4.49. The summed E-state index contributed by atoms with van der Waals surface area (Å²) < 4.78 is 40.1. The van der Waals surface area contributed by atoms with Gasteiger partial charge in [0.15, 0.2) is 0 Å². The van der Waals surface area contributed by atoms with Gasteiger partial charge in [-0.2, -0.15) is 13.2 Å². The molecule has 1 aromatic heterocycles. The number of alkyl halides is 3. The van der Waals surface area contributed by atoms with Crippen LogP contribution in [0.15, 0.2) is 34.1 Å². The molecule has 2 aromatic rings. The molecule has 1 unspecified atom stereocenters. The summed E-state index contributed by atoms with van der Waals surface area (Å²) in [5, 5.41) is 4.87. The zero-order valence-corrected chi connectivity index (χ0v) is 13.3. The van der Waals surface area contributed by atoms with Crippen LogP contribution in [0.25, 0.3) is 0 Å². The molecule has 20 heavy (non-hydrogen) atoms. The lowest BCUT2D eigenvalue weighted by Gasteiger charge is -2.22. The first-order chi connectivity index (χ1) is 9.34. The SMILES string of the molecule is CNC(c1ccc(Br)cc1C(F)(F)F)c1ccsc1C. The van der Waals surface area contributed by atoms with Crippen LogP contribution in [-0.4, -0.2) is 7.05 Å². The fourth-order valence-electron chi connectivity index (χ4n) is 2.20. The quantitative estimate of drug-likeness (QED) is 0.795. The highest BCUT2D eigenvalue weighted by Gasteiger charge is 2.35. The molecule has 0 aliphatic heterocycles. The first-order valence-corrected chi connectivity index (χ1v) is 7.59. The fraction of sp³-hybridized carbons (Fsp3) is 0.286. The number of hydrogen-bond acceptors (Lipinski definition) is 2. The summed E-state index contributed by atoms with van der Waals surface area (Å²) in [6.45, 7) is 1.91. The average Bonchev–Trinajstić information content (AvgIpc) is 2.77. The van der Waals surface area contributed by atoms with Gasteiger partial charge in [-0.3, -0.25) is 0 Å². The number of halogens is 4. The van der Waals surface area contributed by atoms with Gasteiger partial charge >= 0.3 is 6.18 Å². The Balaban J connectivity index is 2.59. The molecular formula is C14H13BrF3NS. The number of aryl methyl sites for hydroxylation is 1. The second-order valence-corrected chi connectivity index (χ2v) is 6.42. The first kappa shape index (κ1) is 15.5. The Morgan fingerprint density at radius 2 is 1.90 bits per heavy atom. The van der Waals surface area contributed by atoms with E-state index in [9.17, 15) is 13.2 Å². The Hall–Kier alpha value is -0.850. The van der Waals surface area contributed by atoms with E-state index >= 15 is 0 Å². The van der Waals surface area contributed by atoms with Crippen LogP contribution in [0, 0.1) is 6.92 Å². The van der Waals surface area contributed by atoms with Crippen molar-refractivity contribution in [2.24, 2.45) is 0 Å². The number of benzene rings is 1. The molecule has 0 saturated heterocycles. The Kier molecular flexibility index (Phi) is 4.56. The molecule has 1 heterocycles. The van der Waals surface area contributed by atoms with E-state index in [1.165, 1.54) is 17.4 Å². The summed E-state index contributed by atoms with van der Waals surface area (Å²) in [6.07, 6.45) is -4.38. The second kappa shape index (κ2) is 5.87. The third kappa shape index (κ3) is 3.07. The van der Waals surface area contributed by atoms with Gasteiger partial charge in [0.25, 0.3) is 0 Å². The predicted octanol–water partition coefficient (Wildman–Crippen LogP) is 5.15. The molecule has 0 aliphatic carbocycles. The molecular weight excluding hydrogens is 351 g/mol. The van der Waals surface area contributed by atoms with Crippen LogP contribution in [0.4, 0.5) is 13.2 Å². The predicted molar refractivity (Wildman–Crippen MR) is 79.1 cm³/mol. The molecule has 2 rings (SSSR count). The number of thiophene rings is 1. The van der Waals surface area contributed by atoms with E-state index in [1.54, 1.807) is 13.1 Å². The van der Waals surface area contributed by atoms with Crippen LogP contribution in [0.3, 0.4) is 0 Å². The molecule has 0 fully saturated rings. The fourth-order valence-corrected chi connectivity index (χ4v) is 3.30. The lowest BCUT2D eigenvalue weighted by atomic mass is 9.94. The maximum atomic E-state index is 13.2. The maximum Gasteiger partial charge on any atom is 0.416 e. The molecule has 0 radical (unpaired) electrons. The molecule has 0 aliphatic rings. The number of rotatable bonds is 3. The van der Waals surface area contributed by atoms with Crippen molar-refractivity contribution in [1.82, 2.24) is 5.32 Å². The monoisotopic (exact) mass is 363 g/mol. The van der Waals surface area contributed by atoms with E-state index in [-0.39, 0.29) is 5.56 Å². The maximum absolute atomic E-state index is 13.2. The largest absolute Gasteiger partial charge is 0.416 e. The zero-order valence-electron chi connectivity index (χ0n) is 10.9. The normalized spacial score (nSPS) is 13.5. The topological polar surface area (TPSA) is 12.0 Å². The van der Waals surface area contributed by atoms with Gasteiger partial charge in [0, 0.05) is 9.35 Å². The van der Waals surface area contributed by atoms with E-state index in [0.29, 0.717) is 4.47 Å². The molecule has 108 valence electrons. The molecule has 1 nitrogen and oxygen atoms in total. The van der Waals surface area contributed by atoms with Crippen LogP contribution in [0.1, 0.15) is 27.6 Å². The van der Waals surface area contributed by atoms with Gasteiger partial charge in [0.05, 0.1) is 11.6 Å². The highest BCUT2D eigenvalue weighted by Crippen LogP contribution is 2.39. The number of nitrogens with one attached hydrogen (secondary N) is 1. The molecule has 1 N–H and O–H groups in total. The van der Waals surface area contributed by atoms with Crippen molar-refractivity contribution in [3.63, 3.8) is 0 Å². The Labute approximate surface area is 128 Å². The van der Waals surface area contributed by atoms with Gasteiger partial charge in [-0.15, -0.1) is 11.3 Å². The van der Waals surface area contributed by atoms with Gasteiger partial charge < -0.3 is 5.32 Å². The molecule has 1 atom stereocenters. The van der Waals surface area contributed by atoms with Crippen molar-refractivity contribution < 1.29 is 13.2 Å². The number of hydrogen-bond donors (Lipinski definition) is 1. The van der Waals surface area contributed by atoms with E-state index in [0.717, 1.165) is 16.5 Å². The van der Waals surface area contributed by atoms with Gasteiger partial charge in [0.2, 0.25) is 0 Å². The molecule has 0 amide bonds. The van der Waals surface area contributed by atoms with Crippen LogP contribution >= 0.6 is 27.3 Å². The van der Waals surface area contributed by atoms with Crippen molar-refractivity contribution in [2.75, 3.05) is 7.05 Å². The molecule has 0 saturated carbocycles. The lowest BCUT2D eigenvalue weighted by Crippen LogP contribution is -2.22. The molecule has 1 aromatic carbocycles. The van der Waals surface area contributed by atoms with Crippen molar-refractivity contribution in [3.8, 4) is 0 Å². The van der Waals surface area contributed by atoms with Crippen molar-refractivity contribution in [2.45, 2.75) is 19.1 Å². The Bertz CT molecular complexity index is 607. The molecule has 0 spiro atoms. The standard InChI is InChI=1S/C14H13BrF3NS/c1-8-10(5-6-20-8)13(19-2)11-4-3-9(15)7-12(11)14(16,17)18/h3-7,13,19H,1-2H3. The summed E-state index contributed by atoms with van der Waals surface area (Å²) in [5.41, 5.74) is 0.506. The molecule has 0 bridgehead atoms. The smallest absolute Gasteiger partial charge is 0.309 e. The van der Waals surface area contributed by atoms with E-state index in [2.05, 4.69) is 21.2 Å². The minimum atomic E-state index is -4.38. The Morgan fingerprint density at radius 1 is 1.20 bits per heavy atom. The summed E-state index contributed by atoms with van der Waals surface area (Å²) in [5.74, 6) is 0. The zero-order chi connectivity index (χ0) is 14.9. The van der Waals surface area contributed by atoms with Gasteiger partial charge in [0.1, 0.15) is 0 Å². The van der Waals surface area contributed by atoms with Crippen molar-refractivity contribution in [1.29, 1.82) is 0 Å². The third-order valence-electron chi connectivity index (χ3n) is 3.13. The Morgan fingerprint density at radius 3 is 2.40 bits per heavy atom. The van der Waals surface area contributed by atoms with Crippen LogP contribution < -0.4 is 5.32 Å². The van der Waals surface area contributed by atoms with E-state index in [1.807, 2.05) is 18.4 Å². The van der Waals surface area contributed by atoms with E-state index in [4.69, 9.17) is 0 Å². The van der Waals surface area contributed by atoms with Crippen LogP contribution in [0.5, 0.6) is 0 Å². The summed E-state index contributed by atoms with van der Waals surface area (Å²) in [7, 11) is 1.67. The summed E-state index contributed by atoms with van der Waals surface area (Å²) in [4.78, 5) is 1.01. The van der Waals surface area contributed by atoms with Crippen molar-refractivity contribution >= 4 is 27.3 Å². The highest BCUT2D eigenvalue weighted by atomic mass is 79.9. The van der Waals surface area contributed by atoms with Gasteiger partial charge in [-0.05, 0) is 48.7 Å². The lowest BCUT2D eigenvalue weighted by molar-refractivity contribution is -0.138. The summed E-state index contributed by atoms with van der Waals surface area (Å²) >= 11 is 4.63. The van der Waals surface area contributed by atoms with Crippen LogP contribution in [0.2, 0.25) is 0 Å². The first-order valence-electron chi connectivity index (χ1n) is 5.92. The average molecular weight is 364 g/mol. The second-order valence-electron chi connectivity index (χ2n) is 4.38. The minimum Gasteiger partial charge on any atom is -0.309 e.